The van der Waals surface area contributed by atoms with Crippen LogP contribution >= 0.6 is 0 Å². The molecule has 0 heterocycles. The van der Waals surface area contributed by atoms with Crippen molar-refractivity contribution >= 4 is 0 Å². The van der Waals surface area contributed by atoms with Gasteiger partial charge in [0.25, 0.3) is 0 Å². The predicted molar refractivity (Wildman–Crippen MR) is 82.8 cm³/mol. The Balaban J connectivity index is 0.000000180. The Morgan fingerprint density at radius 2 is 1.28 bits per heavy atom. The van der Waals surface area contributed by atoms with Gasteiger partial charge in [-0.3, -0.25) is 0 Å². The average Bonchev–Trinajstić information content (AvgIpc) is 2.30. The lowest BCUT2D eigenvalue weighted by Gasteiger charge is -2.10. The molecule has 2 unspecified atom stereocenters. The second-order valence-electron chi connectivity index (χ2n) is 6.18. The molecule has 0 aromatic rings. The molecule has 0 saturated carbocycles. The van der Waals surface area contributed by atoms with Gasteiger partial charge in [0, 0.05) is 0 Å². The van der Waals surface area contributed by atoms with Crippen molar-refractivity contribution in [3.05, 3.63) is 24.3 Å². The Labute approximate surface area is 115 Å². The van der Waals surface area contributed by atoms with Crippen molar-refractivity contribution in [2.24, 2.45) is 11.8 Å². The van der Waals surface area contributed by atoms with Crippen LogP contribution in [0.4, 0.5) is 0 Å². The molecule has 0 aromatic heterocycles. The summed E-state index contributed by atoms with van der Waals surface area (Å²) in [5.41, 5.74) is 0. The third-order valence-electron chi connectivity index (χ3n) is 4.08. The first kappa shape index (κ1) is 15.5. The average molecular weight is 248 g/mol. The molecule has 0 saturated heterocycles. The molecule has 0 heteroatoms. The van der Waals surface area contributed by atoms with E-state index < -0.39 is 0 Å². The highest BCUT2D eigenvalue weighted by molar-refractivity contribution is 4.85. The topological polar surface area (TPSA) is 0 Å². The Bertz CT molecular complexity index is 236. The Morgan fingerprint density at radius 3 is 2.17 bits per heavy atom. The molecular formula is C18H32. The van der Waals surface area contributed by atoms with Crippen molar-refractivity contribution in [2.75, 3.05) is 0 Å². The summed E-state index contributed by atoms with van der Waals surface area (Å²) in [6, 6.07) is 0. The minimum absolute atomic E-state index is 0.932. The summed E-state index contributed by atoms with van der Waals surface area (Å²) in [6.45, 7) is 4.70. The monoisotopic (exact) mass is 248 g/mol. The fourth-order valence-corrected chi connectivity index (χ4v) is 2.66. The number of hydrogen-bond donors (Lipinski definition) is 0. The molecule has 2 rings (SSSR count). The number of hydrogen-bond acceptors (Lipinski definition) is 0. The standard InChI is InChI=1S/2C9H16/c2*1-9-7-5-3-2-4-6-8-9/h3,5,9H,2,4,6-8H2,1H3;2-3,9H,4-8H2,1H3. The van der Waals surface area contributed by atoms with Gasteiger partial charge in [0.15, 0.2) is 0 Å². The van der Waals surface area contributed by atoms with Gasteiger partial charge in [0.1, 0.15) is 0 Å². The fourth-order valence-electron chi connectivity index (χ4n) is 2.66. The number of rotatable bonds is 0. The van der Waals surface area contributed by atoms with Gasteiger partial charge in [0.05, 0.1) is 0 Å². The summed E-state index contributed by atoms with van der Waals surface area (Å²) in [5.74, 6) is 1.90. The first-order valence-corrected chi connectivity index (χ1v) is 8.09. The van der Waals surface area contributed by atoms with Gasteiger partial charge in [0.2, 0.25) is 0 Å². The molecule has 2 aliphatic rings. The maximum absolute atomic E-state index is 2.36. The second kappa shape index (κ2) is 10.4. The van der Waals surface area contributed by atoms with Crippen LogP contribution < -0.4 is 0 Å². The van der Waals surface area contributed by atoms with Gasteiger partial charge in [-0.15, -0.1) is 0 Å². The molecule has 18 heavy (non-hydrogen) atoms. The van der Waals surface area contributed by atoms with E-state index in [2.05, 4.69) is 38.2 Å². The molecule has 0 nitrogen and oxygen atoms in total. The van der Waals surface area contributed by atoms with Crippen LogP contribution in [0.15, 0.2) is 24.3 Å². The van der Waals surface area contributed by atoms with E-state index in [9.17, 15) is 0 Å². The van der Waals surface area contributed by atoms with Gasteiger partial charge < -0.3 is 0 Å². The largest absolute Gasteiger partial charge is 0.0885 e. The van der Waals surface area contributed by atoms with Crippen LogP contribution in [-0.2, 0) is 0 Å². The molecular weight excluding hydrogens is 216 g/mol. The normalized spacial score (nSPS) is 29.2. The minimum atomic E-state index is 0.932. The molecule has 0 aliphatic heterocycles. The van der Waals surface area contributed by atoms with E-state index >= 15 is 0 Å². The molecule has 0 aromatic carbocycles. The first-order valence-electron chi connectivity index (χ1n) is 8.09. The summed E-state index contributed by atoms with van der Waals surface area (Å²) in [5, 5.41) is 0. The van der Waals surface area contributed by atoms with E-state index in [1.807, 2.05) is 0 Å². The van der Waals surface area contributed by atoms with Gasteiger partial charge in [-0.05, 0) is 56.8 Å². The van der Waals surface area contributed by atoms with Crippen molar-refractivity contribution in [3.8, 4) is 0 Å². The summed E-state index contributed by atoms with van der Waals surface area (Å²) in [7, 11) is 0. The third-order valence-corrected chi connectivity index (χ3v) is 4.08. The van der Waals surface area contributed by atoms with E-state index in [0.29, 0.717) is 0 Å². The summed E-state index contributed by atoms with van der Waals surface area (Å²) in [4.78, 5) is 0. The van der Waals surface area contributed by atoms with Crippen LogP contribution in [0.3, 0.4) is 0 Å². The van der Waals surface area contributed by atoms with Crippen molar-refractivity contribution in [1.82, 2.24) is 0 Å². The SMILES string of the molecule is CC1CC=CCCCC1.CC1CCC=CCCC1. The molecule has 0 bridgehead atoms. The highest BCUT2D eigenvalue weighted by Crippen LogP contribution is 2.17. The molecule has 2 aliphatic carbocycles. The molecule has 0 fully saturated rings. The van der Waals surface area contributed by atoms with Crippen LogP contribution in [0.25, 0.3) is 0 Å². The quantitative estimate of drug-likeness (QED) is 0.442. The van der Waals surface area contributed by atoms with Crippen molar-refractivity contribution in [3.63, 3.8) is 0 Å². The minimum Gasteiger partial charge on any atom is -0.0885 e. The van der Waals surface area contributed by atoms with E-state index in [4.69, 9.17) is 0 Å². The van der Waals surface area contributed by atoms with Crippen LogP contribution in [0.1, 0.15) is 78.1 Å². The Hall–Kier alpha value is -0.520. The zero-order chi connectivity index (χ0) is 13.1. The van der Waals surface area contributed by atoms with E-state index in [1.54, 1.807) is 0 Å². The fraction of sp³-hybridized carbons (Fsp3) is 0.778. The Kier molecular flexibility index (Phi) is 8.98. The zero-order valence-corrected chi connectivity index (χ0v) is 12.5. The molecule has 2 atom stereocenters. The van der Waals surface area contributed by atoms with Gasteiger partial charge >= 0.3 is 0 Å². The van der Waals surface area contributed by atoms with Gasteiger partial charge in [-0.25, -0.2) is 0 Å². The van der Waals surface area contributed by atoms with Crippen molar-refractivity contribution in [1.29, 1.82) is 0 Å². The predicted octanol–water partition coefficient (Wildman–Crippen LogP) is 6.29. The maximum atomic E-state index is 2.36. The zero-order valence-electron chi connectivity index (χ0n) is 12.5. The molecule has 0 spiro atoms. The first-order chi connectivity index (χ1) is 8.79. The van der Waals surface area contributed by atoms with Crippen LogP contribution in [0.2, 0.25) is 0 Å². The Morgan fingerprint density at radius 1 is 0.611 bits per heavy atom. The van der Waals surface area contributed by atoms with Crippen molar-refractivity contribution in [2.45, 2.75) is 78.1 Å². The summed E-state index contributed by atoms with van der Waals surface area (Å²) in [6.07, 6.45) is 23.1. The molecule has 0 N–H and O–H groups in total. The third kappa shape index (κ3) is 8.55. The number of allylic oxidation sites excluding steroid dienone is 4. The summed E-state index contributed by atoms with van der Waals surface area (Å²) < 4.78 is 0. The van der Waals surface area contributed by atoms with E-state index in [1.165, 1.54) is 64.2 Å². The molecule has 0 radical (unpaired) electrons. The molecule has 0 amide bonds. The lowest BCUT2D eigenvalue weighted by molar-refractivity contribution is 0.473. The van der Waals surface area contributed by atoms with Crippen molar-refractivity contribution < 1.29 is 0 Å². The lowest BCUT2D eigenvalue weighted by atomic mass is 9.96. The van der Waals surface area contributed by atoms with Crippen LogP contribution in [0, 0.1) is 11.8 Å². The summed E-state index contributed by atoms with van der Waals surface area (Å²) >= 11 is 0. The lowest BCUT2D eigenvalue weighted by Crippen LogP contribution is -1.95. The highest BCUT2D eigenvalue weighted by atomic mass is 14.1. The van der Waals surface area contributed by atoms with E-state index in [0.717, 1.165) is 11.8 Å². The van der Waals surface area contributed by atoms with Gasteiger partial charge in [-0.2, -0.15) is 0 Å². The van der Waals surface area contributed by atoms with Gasteiger partial charge in [-0.1, -0.05) is 57.4 Å². The van der Waals surface area contributed by atoms with E-state index in [-0.39, 0.29) is 0 Å². The van der Waals surface area contributed by atoms with Crippen LogP contribution in [0.5, 0.6) is 0 Å². The van der Waals surface area contributed by atoms with Crippen LogP contribution in [-0.4, -0.2) is 0 Å². The maximum Gasteiger partial charge on any atom is -0.0325 e. The highest BCUT2D eigenvalue weighted by Gasteiger charge is 2.01. The second-order valence-corrected chi connectivity index (χ2v) is 6.18. The smallest absolute Gasteiger partial charge is 0.0325 e. The molecule has 104 valence electrons.